The molecule has 4 fully saturated rings. The summed E-state index contributed by atoms with van der Waals surface area (Å²) in [6.07, 6.45) is 14.5. The van der Waals surface area contributed by atoms with E-state index in [9.17, 15) is 9.59 Å². The molecule has 0 bridgehead atoms. The molecule has 0 spiro atoms. The molecule has 31 heavy (non-hydrogen) atoms. The predicted molar refractivity (Wildman–Crippen MR) is 122 cm³/mol. The molecule has 170 valence electrons. The molecule has 0 amide bonds. The highest BCUT2D eigenvalue weighted by Gasteiger charge is 2.60. The third-order valence-corrected chi connectivity index (χ3v) is 10.9. The van der Waals surface area contributed by atoms with E-state index in [0.29, 0.717) is 29.1 Å². The van der Waals surface area contributed by atoms with Crippen molar-refractivity contribution in [2.75, 3.05) is 0 Å². The minimum atomic E-state index is 0.0113. The number of hydrogen-bond donors (Lipinski definition) is 0. The summed E-state index contributed by atoms with van der Waals surface area (Å²) in [6, 6.07) is 0. The van der Waals surface area contributed by atoms with Gasteiger partial charge in [-0.25, -0.2) is 0 Å². The SMILES string of the molecule is CC1CC(C(C)C2CCC3C4CCC5=CC(=O)C=CC5(C)C4CCC23C)OC(=O)C1C. The van der Waals surface area contributed by atoms with E-state index in [-0.39, 0.29) is 29.2 Å². The Morgan fingerprint density at radius 1 is 1.06 bits per heavy atom. The summed E-state index contributed by atoms with van der Waals surface area (Å²) in [6.45, 7) is 11.5. The highest BCUT2D eigenvalue weighted by atomic mass is 16.5. The number of esters is 1. The zero-order valence-corrected chi connectivity index (χ0v) is 20.0. The molecule has 0 radical (unpaired) electrons. The number of ether oxygens (including phenoxy) is 1. The molecule has 1 heterocycles. The Labute approximate surface area is 188 Å². The van der Waals surface area contributed by atoms with Gasteiger partial charge in [0.05, 0.1) is 5.92 Å². The Morgan fingerprint density at radius 3 is 2.58 bits per heavy atom. The summed E-state index contributed by atoms with van der Waals surface area (Å²) in [4.78, 5) is 24.4. The second kappa shape index (κ2) is 7.32. The van der Waals surface area contributed by atoms with Crippen molar-refractivity contribution in [2.24, 2.45) is 52.3 Å². The van der Waals surface area contributed by atoms with Crippen LogP contribution in [0.2, 0.25) is 0 Å². The van der Waals surface area contributed by atoms with Crippen LogP contribution >= 0.6 is 0 Å². The first kappa shape index (κ1) is 21.5. The first-order chi connectivity index (χ1) is 14.6. The van der Waals surface area contributed by atoms with Crippen molar-refractivity contribution in [1.29, 1.82) is 0 Å². The molecule has 4 aliphatic carbocycles. The number of carbonyl (C=O) groups is 2. The quantitative estimate of drug-likeness (QED) is 0.501. The maximum absolute atomic E-state index is 12.4. The van der Waals surface area contributed by atoms with E-state index in [0.717, 1.165) is 24.7 Å². The molecule has 10 unspecified atom stereocenters. The molecule has 1 saturated heterocycles. The number of ketones is 1. The Morgan fingerprint density at radius 2 is 1.84 bits per heavy atom. The molecule has 0 N–H and O–H groups in total. The predicted octanol–water partition coefficient (Wildman–Crippen LogP) is 6.13. The molecule has 0 aromatic heterocycles. The summed E-state index contributed by atoms with van der Waals surface area (Å²) in [5.74, 6) is 3.89. The van der Waals surface area contributed by atoms with Crippen LogP contribution in [-0.2, 0) is 14.3 Å². The second-order valence-corrected chi connectivity index (χ2v) is 12.2. The lowest BCUT2D eigenvalue weighted by molar-refractivity contribution is -0.170. The summed E-state index contributed by atoms with van der Waals surface area (Å²) in [5.41, 5.74) is 1.81. The van der Waals surface area contributed by atoms with Crippen molar-refractivity contribution in [3.8, 4) is 0 Å². The summed E-state index contributed by atoms with van der Waals surface area (Å²) in [5, 5.41) is 0. The van der Waals surface area contributed by atoms with E-state index in [1.54, 1.807) is 0 Å². The van der Waals surface area contributed by atoms with Crippen molar-refractivity contribution in [3.63, 3.8) is 0 Å². The Hall–Kier alpha value is -1.38. The number of fused-ring (bicyclic) bond motifs is 5. The van der Waals surface area contributed by atoms with Crippen LogP contribution in [0.3, 0.4) is 0 Å². The highest BCUT2D eigenvalue weighted by Crippen LogP contribution is 2.67. The molecular weight excluding hydrogens is 384 g/mol. The molecule has 5 aliphatic rings. The fourth-order valence-corrected chi connectivity index (χ4v) is 8.79. The first-order valence-electron chi connectivity index (χ1n) is 12.8. The van der Waals surface area contributed by atoms with Gasteiger partial charge >= 0.3 is 5.97 Å². The first-order valence-corrected chi connectivity index (χ1v) is 12.8. The molecular formula is C28H40O3. The Bertz CT molecular complexity index is 839. The number of hydrogen-bond acceptors (Lipinski definition) is 3. The van der Waals surface area contributed by atoms with Crippen LogP contribution in [0.5, 0.6) is 0 Å². The van der Waals surface area contributed by atoms with Gasteiger partial charge in [-0.3, -0.25) is 9.59 Å². The van der Waals surface area contributed by atoms with Crippen LogP contribution in [0.1, 0.15) is 79.6 Å². The minimum absolute atomic E-state index is 0.0113. The lowest BCUT2D eigenvalue weighted by Gasteiger charge is -2.57. The maximum atomic E-state index is 12.4. The van der Waals surface area contributed by atoms with Crippen molar-refractivity contribution < 1.29 is 14.3 Å². The molecule has 0 aromatic rings. The highest BCUT2D eigenvalue weighted by molar-refractivity contribution is 6.01. The molecule has 3 heteroatoms. The lowest BCUT2D eigenvalue weighted by atomic mass is 9.47. The number of rotatable bonds is 2. The molecule has 3 nitrogen and oxygen atoms in total. The average molecular weight is 425 g/mol. The number of allylic oxidation sites excluding steroid dienone is 4. The van der Waals surface area contributed by atoms with Crippen molar-refractivity contribution >= 4 is 11.8 Å². The molecule has 5 rings (SSSR count). The average Bonchev–Trinajstić information content (AvgIpc) is 3.08. The van der Waals surface area contributed by atoms with E-state index >= 15 is 0 Å². The van der Waals surface area contributed by atoms with Gasteiger partial charge in [0, 0.05) is 5.41 Å². The van der Waals surface area contributed by atoms with Gasteiger partial charge in [-0.05, 0) is 98.0 Å². The van der Waals surface area contributed by atoms with Crippen LogP contribution in [-0.4, -0.2) is 17.9 Å². The molecule has 1 aliphatic heterocycles. The summed E-state index contributed by atoms with van der Waals surface area (Å²) < 4.78 is 5.98. The van der Waals surface area contributed by atoms with Crippen LogP contribution in [0.4, 0.5) is 0 Å². The van der Waals surface area contributed by atoms with E-state index in [1.165, 1.54) is 37.7 Å². The van der Waals surface area contributed by atoms with Gasteiger partial charge in [-0.15, -0.1) is 0 Å². The van der Waals surface area contributed by atoms with Crippen LogP contribution < -0.4 is 0 Å². The summed E-state index contributed by atoms with van der Waals surface area (Å²) >= 11 is 0. The van der Waals surface area contributed by atoms with Gasteiger partial charge in [0.1, 0.15) is 6.10 Å². The third-order valence-electron chi connectivity index (χ3n) is 10.9. The van der Waals surface area contributed by atoms with Gasteiger partial charge in [-0.1, -0.05) is 46.3 Å². The molecule has 0 aromatic carbocycles. The Balaban J connectivity index is 1.37. The zero-order valence-electron chi connectivity index (χ0n) is 20.0. The number of cyclic esters (lactones) is 1. The van der Waals surface area contributed by atoms with Crippen molar-refractivity contribution in [3.05, 3.63) is 23.8 Å². The van der Waals surface area contributed by atoms with Crippen LogP contribution in [0, 0.1) is 52.3 Å². The fourth-order valence-electron chi connectivity index (χ4n) is 8.79. The normalized spacial score (nSPS) is 50.1. The van der Waals surface area contributed by atoms with E-state index in [2.05, 4.69) is 33.8 Å². The lowest BCUT2D eigenvalue weighted by Crippen LogP contribution is -2.51. The second-order valence-electron chi connectivity index (χ2n) is 12.2. The smallest absolute Gasteiger partial charge is 0.309 e. The van der Waals surface area contributed by atoms with Gasteiger partial charge in [0.25, 0.3) is 0 Å². The van der Waals surface area contributed by atoms with Gasteiger partial charge in [0.2, 0.25) is 0 Å². The maximum Gasteiger partial charge on any atom is 0.309 e. The molecule has 10 atom stereocenters. The standard InChI is InChI=1S/C28H40O3/c1-16-14-25(31-26(30)17(16)2)18(3)22-8-9-23-21-7-6-19-15-20(29)10-12-27(19,4)24(21)11-13-28(22,23)5/h10,12,15-18,21-25H,6-9,11,13-14H2,1-5H3. The largest absolute Gasteiger partial charge is 0.462 e. The van der Waals surface area contributed by atoms with E-state index in [4.69, 9.17) is 4.74 Å². The third kappa shape index (κ3) is 3.12. The van der Waals surface area contributed by atoms with Gasteiger partial charge in [0.15, 0.2) is 5.78 Å². The fraction of sp³-hybridized carbons (Fsp3) is 0.786. The van der Waals surface area contributed by atoms with Crippen molar-refractivity contribution in [1.82, 2.24) is 0 Å². The summed E-state index contributed by atoms with van der Waals surface area (Å²) in [7, 11) is 0. The Kier molecular flexibility index (Phi) is 5.07. The van der Waals surface area contributed by atoms with Crippen molar-refractivity contribution in [2.45, 2.75) is 85.7 Å². The van der Waals surface area contributed by atoms with Gasteiger partial charge in [-0.2, -0.15) is 0 Å². The zero-order chi connectivity index (χ0) is 22.1. The van der Waals surface area contributed by atoms with E-state index < -0.39 is 0 Å². The minimum Gasteiger partial charge on any atom is -0.462 e. The number of carbonyl (C=O) groups excluding carboxylic acids is 2. The van der Waals surface area contributed by atoms with E-state index in [1.807, 2.05) is 19.1 Å². The monoisotopic (exact) mass is 424 g/mol. The van der Waals surface area contributed by atoms with Gasteiger partial charge < -0.3 is 4.74 Å². The van der Waals surface area contributed by atoms with Crippen LogP contribution in [0.25, 0.3) is 0 Å². The van der Waals surface area contributed by atoms with Crippen LogP contribution in [0.15, 0.2) is 23.8 Å². The molecule has 3 saturated carbocycles. The topological polar surface area (TPSA) is 43.4 Å².